The van der Waals surface area contributed by atoms with Crippen molar-refractivity contribution in [2.24, 2.45) is 0 Å². The largest absolute Gasteiger partial charge is 0.454 e. The molecule has 0 saturated heterocycles. The van der Waals surface area contributed by atoms with E-state index in [-0.39, 0.29) is 13.3 Å². The molecule has 6 nitrogen and oxygen atoms in total. The summed E-state index contributed by atoms with van der Waals surface area (Å²) in [6.45, 7) is 1.69. The van der Waals surface area contributed by atoms with Gasteiger partial charge in [0.1, 0.15) is 11.6 Å². The Morgan fingerprint density at radius 1 is 1.15 bits per heavy atom. The Hall–Kier alpha value is -3.16. The summed E-state index contributed by atoms with van der Waals surface area (Å²) in [6.07, 6.45) is -1.15. The van der Waals surface area contributed by atoms with Gasteiger partial charge in [-0.25, -0.2) is 13.6 Å². The first kappa shape index (κ1) is 17.7. The number of amides is 1. The van der Waals surface area contributed by atoms with Crippen molar-refractivity contribution in [3.63, 3.8) is 0 Å². The fourth-order valence-corrected chi connectivity index (χ4v) is 2.32. The van der Waals surface area contributed by atoms with E-state index in [9.17, 15) is 18.4 Å². The van der Waals surface area contributed by atoms with Crippen LogP contribution in [0.5, 0.6) is 11.5 Å². The Labute approximate surface area is 147 Å². The predicted octanol–water partition coefficient (Wildman–Crippen LogP) is 2.56. The molecule has 1 unspecified atom stereocenters. The SMILES string of the molecule is CC(OC(=O)c1ccc(F)cc1F)C(=O)NCc1ccc2c(c1)OCO2. The van der Waals surface area contributed by atoms with Gasteiger partial charge in [-0.15, -0.1) is 0 Å². The van der Waals surface area contributed by atoms with E-state index in [1.807, 2.05) is 0 Å². The molecule has 3 rings (SSSR count). The van der Waals surface area contributed by atoms with Crippen molar-refractivity contribution in [3.8, 4) is 11.5 Å². The van der Waals surface area contributed by atoms with Gasteiger partial charge in [-0.2, -0.15) is 0 Å². The molecule has 1 heterocycles. The number of nitrogens with one attached hydrogen (secondary N) is 1. The molecule has 1 aliphatic rings. The zero-order valence-electron chi connectivity index (χ0n) is 13.8. The van der Waals surface area contributed by atoms with Crippen molar-refractivity contribution in [3.05, 3.63) is 59.2 Å². The minimum Gasteiger partial charge on any atom is -0.454 e. The third kappa shape index (κ3) is 3.90. The molecule has 0 spiro atoms. The second-order valence-corrected chi connectivity index (χ2v) is 5.58. The average Bonchev–Trinajstić information content (AvgIpc) is 3.07. The van der Waals surface area contributed by atoms with Gasteiger partial charge in [-0.1, -0.05) is 6.07 Å². The highest BCUT2D eigenvalue weighted by molar-refractivity contribution is 5.92. The maximum atomic E-state index is 13.6. The highest BCUT2D eigenvalue weighted by Crippen LogP contribution is 2.32. The summed E-state index contributed by atoms with van der Waals surface area (Å²) < 4.78 is 41.8. The number of rotatable bonds is 5. The number of esters is 1. The van der Waals surface area contributed by atoms with Crippen LogP contribution in [0.2, 0.25) is 0 Å². The van der Waals surface area contributed by atoms with Crippen LogP contribution < -0.4 is 14.8 Å². The minimum atomic E-state index is -1.15. The van der Waals surface area contributed by atoms with Gasteiger partial charge >= 0.3 is 5.97 Å². The van der Waals surface area contributed by atoms with Gasteiger partial charge in [0.05, 0.1) is 5.56 Å². The summed E-state index contributed by atoms with van der Waals surface area (Å²) in [5, 5.41) is 2.60. The molecule has 2 aromatic rings. The molecule has 1 amide bonds. The molecular weight excluding hydrogens is 348 g/mol. The lowest BCUT2D eigenvalue weighted by Crippen LogP contribution is -2.35. The highest BCUT2D eigenvalue weighted by atomic mass is 19.1. The van der Waals surface area contributed by atoms with Crippen molar-refractivity contribution < 1.29 is 32.6 Å². The molecule has 1 atom stereocenters. The molecule has 0 fully saturated rings. The molecule has 0 bridgehead atoms. The number of halogens is 2. The van der Waals surface area contributed by atoms with Crippen LogP contribution in [-0.2, 0) is 16.1 Å². The maximum absolute atomic E-state index is 13.6. The van der Waals surface area contributed by atoms with E-state index in [2.05, 4.69) is 5.32 Å². The van der Waals surface area contributed by atoms with Crippen LogP contribution in [-0.4, -0.2) is 24.8 Å². The summed E-state index contributed by atoms with van der Waals surface area (Å²) in [7, 11) is 0. The Balaban J connectivity index is 1.55. The minimum absolute atomic E-state index is 0.151. The maximum Gasteiger partial charge on any atom is 0.341 e. The van der Waals surface area contributed by atoms with Crippen LogP contribution in [0.1, 0.15) is 22.8 Å². The summed E-state index contributed by atoms with van der Waals surface area (Å²) in [6, 6.07) is 7.69. The molecule has 8 heteroatoms. The van der Waals surface area contributed by atoms with Crippen LogP contribution in [0.3, 0.4) is 0 Å². The van der Waals surface area contributed by atoms with Crippen LogP contribution in [0, 0.1) is 11.6 Å². The average molecular weight is 363 g/mol. The standard InChI is InChI=1S/C18H15F2NO5/c1-10(26-18(23)13-4-3-12(19)7-14(13)20)17(22)21-8-11-2-5-15-16(6-11)25-9-24-15/h2-7,10H,8-9H2,1H3,(H,21,22). The zero-order valence-corrected chi connectivity index (χ0v) is 13.8. The molecule has 0 aromatic heterocycles. The van der Waals surface area contributed by atoms with E-state index in [0.717, 1.165) is 17.7 Å². The van der Waals surface area contributed by atoms with Crippen molar-refractivity contribution in [1.82, 2.24) is 5.32 Å². The predicted molar refractivity (Wildman–Crippen MR) is 85.6 cm³/mol. The summed E-state index contributed by atoms with van der Waals surface area (Å²) in [5.74, 6) is -2.25. The lowest BCUT2D eigenvalue weighted by molar-refractivity contribution is -0.129. The lowest BCUT2D eigenvalue weighted by atomic mass is 10.2. The first-order chi connectivity index (χ1) is 12.4. The molecule has 0 saturated carbocycles. The van der Waals surface area contributed by atoms with Crippen LogP contribution >= 0.6 is 0 Å². The highest BCUT2D eigenvalue weighted by Gasteiger charge is 2.21. The van der Waals surface area contributed by atoms with E-state index in [4.69, 9.17) is 14.2 Å². The first-order valence-corrected chi connectivity index (χ1v) is 7.76. The third-order valence-corrected chi connectivity index (χ3v) is 3.71. The van der Waals surface area contributed by atoms with Crippen molar-refractivity contribution >= 4 is 11.9 Å². The van der Waals surface area contributed by atoms with E-state index in [1.54, 1.807) is 18.2 Å². The van der Waals surface area contributed by atoms with Gasteiger partial charge in [0.15, 0.2) is 17.6 Å². The third-order valence-electron chi connectivity index (χ3n) is 3.71. The van der Waals surface area contributed by atoms with Crippen LogP contribution in [0.4, 0.5) is 8.78 Å². The van der Waals surface area contributed by atoms with Gasteiger partial charge in [0.25, 0.3) is 5.91 Å². The lowest BCUT2D eigenvalue weighted by Gasteiger charge is -2.14. The van der Waals surface area contributed by atoms with E-state index in [0.29, 0.717) is 17.6 Å². The van der Waals surface area contributed by atoms with Crippen molar-refractivity contribution in [2.75, 3.05) is 6.79 Å². The van der Waals surface area contributed by atoms with E-state index < -0.39 is 35.2 Å². The summed E-state index contributed by atoms with van der Waals surface area (Å²) in [4.78, 5) is 24.0. The van der Waals surface area contributed by atoms with Gasteiger partial charge in [0, 0.05) is 12.6 Å². The molecule has 1 N–H and O–H groups in total. The normalized spacial score (nSPS) is 13.2. The number of benzene rings is 2. The number of carbonyl (C=O) groups is 2. The first-order valence-electron chi connectivity index (χ1n) is 7.76. The smallest absolute Gasteiger partial charge is 0.341 e. The number of carbonyl (C=O) groups excluding carboxylic acids is 2. The van der Waals surface area contributed by atoms with Gasteiger partial charge in [0.2, 0.25) is 6.79 Å². The number of hydrogen-bond acceptors (Lipinski definition) is 5. The molecule has 2 aromatic carbocycles. The molecule has 136 valence electrons. The van der Waals surface area contributed by atoms with Crippen molar-refractivity contribution in [1.29, 1.82) is 0 Å². The second-order valence-electron chi connectivity index (χ2n) is 5.58. The fourth-order valence-electron chi connectivity index (χ4n) is 2.32. The molecule has 1 aliphatic heterocycles. The van der Waals surface area contributed by atoms with Crippen LogP contribution in [0.25, 0.3) is 0 Å². The van der Waals surface area contributed by atoms with Crippen molar-refractivity contribution in [2.45, 2.75) is 19.6 Å². The molecule has 0 aliphatic carbocycles. The number of ether oxygens (including phenoxy) is 3. The number of hydrogen-bond donors (Lipinski definition) is 1. The summed E-state index contributed by atoms with van der Waals surface area (Å²) >= 11 is 0. The molecule has 26 heavy (non-hydrogen) atoms. The van der Waals surface area contributed by atoms with Gasteiger partial charge in [-0.3, -0.25) is 4.79 Å². The molecular formula is C18H15F2NO5. The van der Waals surface area contributed by atoms with Gasteiger partial charge in [-0.05, 0) is 36.8 Å². The zero-order chi connectivity index (χ0) is 18.7. The topological polar surface area (TPSA) is 73.9 Å². The van der Waals surface area contributed by atoms with Gasteiger partial charge < -0.3 is 19.5 Å². The quantitative estimate of drug-likeness (QED) is 0.827. The Morgan fingerprint density at radius 2 is 1.92 bits per heavy atom. The fraction of sp³-hybridized carbons (Fsp3) is 0.222. The Morgan fingerprint density at radius 3 is 2.69 bits per heavy atom. The summed E-state index contributed by atoms with van der Waals surface area (Å²) in [5.41, 5.74) is 0.326. The Kier molecular flexibility index (Phi) is 5.01. The second kappa shape index (κ2) is 7.38. The number of fused-ring (bicyclic) bond motifs is 1. The van der Waals surface area contributed by atoms with E-state index in [1.165, 1.54) is 6.92 Å². The molecule has 0 radical (unpaired) electrons. The van der Waals surface area contributed by atoms with E-state index >= 15 is 0 Å². The van der Waals surface area contributed by atoms with Crippen LogP contribution in [0.15, 0.2) is 36.4 Å². The monoisotopic (exact) mass is 363 g/mol. The Bertz CT molecular complexity index is 855.